The van der Waals surface area contributed by atoms with Gasteiger partial charge in [-0.05, 0) is 19.3 Å². The second-order valence-corrected chi connectivity index (χ2v) is 5.28. The molecule has 1 fully saturated rings. The maximum atomic E-state index is 13.7. The number of rotatable bonds is 5. The van der Waals surface area contributed by atoms with Crippen molar-refractivity contribution in [3.8, 4) is 0 Å². The van der Waals surface area contributed by atoms with Gasteiger partial charge in [0.2, 0.25) is 0 Å². The molecule has 1 amide bonds. The summed E-state index contributed by atoms with van der Waals surface area (Å²) in [6, 6.07) is 0.0721. The molecule has 4 nitrogen and oxygen atoms in total. The highest BCUT2D eigenvalue weighted by atomic mass is 19.2. The third-order valence-electron chi connectivity index (χ3n) is 3.71. The van der Waals surface area contributed by atoms with Crippen LogP contribution in [0.25, 0.3) is 0 Å². The summed E-state index contributed by atoms with van der Waals surface area (Å²) in [4.78, 5) is 13.3. The summed E-state index contributed by atoms with van der Waals surface area (Å²) in [5.41, 5.74) is -1.21. The van der Waals surface area contributed by atoms with Crippen LogP contribution in [-0.2, 0) is 4.74 Å². The van der Waals surface area contributed by atoms with Crippen molar-refractivity contribution in [3.05, 3.63) is 34.9 Å². The summed E-state index contributed by atoms with van der Waals surface area (Å²) in [5.74, 6) is -7.65. The lowest BCUT2D eigenvalue weighted by Gasteiger charge is -2.32. The molecular formula is C15H17F4NO3. The van der Waals surface area contributed by atoms with Crippen LogP contribution >= 0.6 is 0 Å². The van der Waals surface area contributed by atoms with Gasteiger partial charge < -0.3 is 14.7 Å². The van der Waals surface area contributed by atoms with Crippen molar-refractivity contribution < 1.29 is 32.2 Å². The molecule has 23 heavy (non-hydrogen) atoms. The van der Waals surface area contributed by atoms with Crippen molar-refractivity contribution in [2.75, 3.05) is 26.3 Å². The van der Waals surface area contributed by atoms with Gasteiger partial charge in [-0.15, -0.1) is 0 Å². The number of carbonyl (C=O) groups is 1. The number of amides is 1. The lowest BCUT2D eigenvalue weighted by Crippen LogP contribution is -2.41. The quantitative estimate of drug-likeness (QED) is 0.510. The number of hydrogen-bond acceptors (Lipinski definition) is 3. The highest BCUT2D eigenvalue weighted by Gasteiger charge is 2.30. The first kappa shape index (κ1) is 17.7. The Labute approximate surface area is 130 Å². The minimum absolute atomic E-state index is 0.0149. The largest absolute Gasteiger partial charge is 0.396 e. The van der Waals surface area contributed by atoms with Crippen molar-refractivity contribution in [3.63, 3.8) is 0 Å². The first-order valence-corrected chi connectivity index (χ1v) is 7.30. The molecule has 1 N–H and O–H groups in total. The predicted octanol–water partition coefficient (Wildman–Crippen LogP) is 2.25. The van der Waals surface area contributed by atoms with Gasteiger partial charge in [-0.2, -0.15) is 0 Å². The summed E-state index contributed by atoms with van der Waals surface area (Å²) in [5, 5.41) is 8.67. The van der Waals surface area contributed by atoms with E-state index < -0.39 is 34.7 Å². The van der Waals surface area contributed by atoms with Gasteiger partial charge in [-0.1, -0.05) is 0 Å². The van der Waals surface area contributed by atoms with E-state index in [0.717, 1.165) is 4.90 Å². The fourth-order valence-corrected chi connectivity index (χ4v) is 2.46. The van der Waals surface area contributed by atoms with E-state index >= 15 is 0 Å². The minimum atomic E-state index is -1.68. The van der Waals surface area contributed by atoms with Gasteiger partial charge in [-0.25, -0.2) is 17.6 Å². The smallest absolute Gasteiger partial charge is 0.260 e. The Morgan fingerprint density at radius 1 is 1.17 bits per heavy atom. The Kier molecular flexibility index (Phi) is 5.95. The van der Waals surface area contributed by atoms with Crippen LogP contribution in [0.1, 0.15) is 29.6 Å². The highest BCUT2D eigenvalue weighted by molar-refractivity contribution is 5.95. The Morgan fingerprint density at radius 2 is 1.74 bits per heavy atom. The van der Waals surface area contributed by atoms with Gasteiger partial charge in [0.05, 0.1) is 6.10 Å². The van der Waals surface area contributed by atoms with Crippen LogP contribution in [-0.4, -0.2) is 48.3 Å². The van der Waals surface area contributed by atoms with Gasteiger partial charge in [0.25, 0.3) is 5.91 Å². The molecule has 0 bridgehead atoms. The molecule has 128 valence electrons. The molecule has 1 aromatic rings. The van der Waals surface area contributed by atoms with Crippen LogP contribution < -0.4 is 0 Å². The van der Waals surface area contributed by atoms with E-state index in [-0.39, 0.29) is 31.9 Å². The lowest BCUT2D eigenvalue weighted by atomic mass is 10.1. The van der Waals surface area contributed by atoms with Gasteiger partial charge in [0, 0.05) is 32.4 Å². The fraction of sp³-hybridized carbons (Fsp3) is 0.533. The monoisotopic (exact) mass is 335 g/mol. The molecule has 1 saturated heterocycles. The number of nitrogens with zero attached hydrogens (tertiary/aromatic N) is 1. The average Bonchev–Trinajstić information content (AvgIpc) is 2.54. The molecule has 1 heterocycles. The predicted molar refractivity (Wildman–Crippen MR) is 72.9 cm³/mol. The Morgan fingerprint density at radius 3 is 2.26 bits per heavy atom. The van der Waals surface area contributed by atoms with Crippen molar-refractivity contribution in [1.29, 1.82) is 0 Å². The molecule has 0 unspecified atom stereocenters. The first-order chi connectivity index (χ1) is 11.0. The number of piperidine rings is 1. The van der Waals surface area contributed by atoms with Crippen molar-refractivity contribution in [2.45, 2.75) is 25.4 Å². The van der Waals surface area contributed by atoms with E-state index in [1.165, 1.54) is 0 Å². The number of ether oxygens (including phenoxy) is 1. The van der Waals surface area contributed by atoms with Crippen LogP contribution in [0.5, 0.6) is 0 Å². The van der Waals surface area contributed by atoms with E-state index in [9.17, 15) is 22.4 Å². The van der Waals surface area contributed by atoms with Gasteiger partial charge in [0.1, 0.15) is 5.56 Å². The number of hydrogen-bond donors (Lipinski definition) is 1. The van der Waals surface area contributed by atoms with Crippen molar-refractivity contribution >= 4 is 5.91 Å². The molecule has 8 heteroatoms. The lowest BCUT2D eigenvalue weighted by molar-refractivity contribution is 0.00373. The van der Waals surface area contributed by atoms with Gasteiger partial charge >= 0.3 is 0 Å². The summed E-state index contributed by atoms with van der Waals surface area (Å²) in [7, 11) is 0. The van der Waals surface area contributed by atoms with E-state index in [1.54, 1.807) is 0 Å². The molecule has 1 aliphatic rings. The standard InChI is InChI=1S/C15H17F4NO3/c16-10-8-11(17)14(19)12(13(10)18)15(22)20-4-2-9(3-5-20)23-7-1-6-21/h8-9,21H,1-7H2. The molecule has 2 rings (SSSR count). The van der Waals surface area contributed by atoms with Gasteiger partial charge in [0.15, 0.2) is 23.3 Å². The summed E-state index contributed by atoms with van der Waals surface area (Å²) >= 11 is 0. The second-order valence-electron chi connectivity index (χ2n) is 5.28. The number of carbonyl (C=O) groups excluding carboxylic acids is 1. The zero-order valence-electron chi connectivity index (χ0n) is 12.3. The molecular weight excluding hydrogens is 318 g/mol. The van der Waals surface area contributed by atoms with Crippen LogP contribution in [0.3, 0.4) is 0 Å². The Balaban J connectivity index is 2.03. The van der Waals surface area contributed by atoms with Crippen molar-refractivity contribution in [1.82, 2.24) is 4.90 Å². The zero-order valence-corrected chi connectivity index (χ0v) is 12.3. The highest BCUT2D eigenvalue weighted by Crippen LogP contribution is 2.23. The average molecular weight is 335 g/mol. The molecule has 0 aromatic heterocycles. The van der Waals surface area contributed by atoms with E-state index in [1.807, 2.05) is 0 Å². The molecule has 0 radical (unpaired) electrons. The van der Waals surface area contributed by atoms with Crippen LogP contribution in [0.2, 0.25) is 0 Å². The SMILES string of the molecule is O=C(c1c(F)c(F)cc(F)c1F)N1CCC(OCCCO)CC1. The molecule has 0 spiro atoms. The Bertz CT molecular complexity index is 548. The number of halogens is 4. The normalized spacial score (nSPS) is 16.0. The second kappa shape index (κ2) is 7.74. The molecule has 0 saturated carbocycles. The van der Waals surface area contributed by atoms with Crippen molar-refractivity contribution in [2.24, 2.45) is 0 Å². The van der Waals surface area contributed by atoms with Crippen LogP contribution in [0.4, 0.5) is 17.6 Å². The molecule has 1 aliphatic heterocycles. The van der Waals surface area contributed by atoms with Crippen LogP contribution in [0, 0.1) is 23.3 Å². The molecule has 1 aromatic carbocycles. The third kappa shape index (κ3) is 4.00. The fourth-order valence-electron chi connectivity index (χ4n) is 2.46. The molecule has 0 atom stereocenters. The van der Waals surface area contributed by atoms with E-state index in [0.29, 0.717) is 25.9 Å². The number of benzene rings is 1. The van der Waals surface area contributed by atoms with Crippen LogP contribution in [0.15, 0.2) is 6.07 Å². The summed E-state index contributed by atoms with van der Waals surface area (Å²) in [6.07, 6.45) is 1.26. The number of aliphatic hydroxyl groups excluding tert-OH is 1. The summed E-state index contributed by atoms with van der Waals surface area (Å²) in [6.45, 7) is 0.730. The maximum absolute atomic E-state index is 13.7. The van der Waals surface area contributed by atoms with Gasteiger partial charge in [-0.3, -0.25) is 4.79 Å². The van der Waals surface area contributed by atoms with E-state index in [2.05, 4.69) is 0 Å². The number of likely N-dealkylation sites (tertiary alicyclic amines) is 1. The van der Waals surface area contributed by atoms with E-state index in [4.69, 9.17) is 9.84 Å². The first-order valence-electron chi connectivity index (χ1n) is 7.30. The Hall–Kier alpha value is -1.67. The third-order valence-corrected chi connectivity index (χ3v) is 3.71. The maximum Gasteiger partial charge on any atom is 0.260 e. The summed E-state index contributed by atoms with van der Waals surface area (Å²) < 4.78 is 59.2. The topological polar surface area (TPSA) is 49.8 Å². The molecule has 0 aliphatic carbocycles. The number of aliphatic hydroxyl groups is 1. The minimum Gasteiger partial charge on any atom is -0.396 e. The zero-order chi connectivity index (χ0) is 17.0.